The lowest BCUT2D eigenvalue weighted by molar-refractivity contribution is -0.0132. The molecule has 0 bridgehead atoms. The Hall–Kier alpha value is -0.0151. The van der Waals surface area contributed by atoms with Gasteiger partial charge in [0.15, 0.2) is 7.98 Å². The van der Waals surface area contributed by atoms with Crippen molar-refractivity contribution >= 4 is 7.98 Å². The topological polar surface area (TPSA) is 23.5 Å². The van der Waals surface area contributed by atoms with E-state index in [0.29, 0.717) is 0 Å². The molecule has 0 aliphatic rings. The Bertz CT molecular complexity index is 57.2. The van der Waals surface area contributed by atoms with Gasteiger partial charge in [-0.15, -0.1) is 0 Å². The highest BCUT2D eigenvalue weighted by Gasteiger charge is 2.12. The third kappa shape index (κ3) is 2.65. The van der Waals surface area contributed by atoms with Crippen molar-refractivity contribution in [3.63, 3.8) is 0 Å². The van der Waals surface area contributed by atoms with Crippen molar-refractivity contribution < 1.29 is 5.11 Å². The summed E-state index contributed by atoms with van der Waals surface area (Å²) in [6.45, 7) is 3.49. The predicted molar refractivity (Wildman–Crippen MR) is 32.6 cm³/mol. The number of nitrogens with zero attached hydrogens (tertiary/aromatic N) is 1. The molecule has 42 valence electrons. The SMILES string of the molecule is BN(C)C(C)(C)O. The van der Waals surface area contributed by atoms with Gasteiger partial charge in [-0.1, -0.05) is 0 Å². The third-order valence-electron chi connectivity index (χ3n) is 1.09. The molecule has 0 aromatic rings. The highest BCUT2D eigenvalue weighted by atomic mass is 16.3. The normalized spacial score (nSPS) is 12.7. The van der Waals surface area contributed by atoms with Gasteiger partial charge >= 0.3 is 0 Å². The molecular formula is C4H12BNO. The van der Waals surface area contributed by atoms with Gasteiger partial charge in [0.05, 0.1) is 0 Å². The summed E-state index contributed by atoms with van der Waals surface area (Å²) in [5, 5.41) is 9.02. The standard InChI is InChI=1S/C4H12BNO/c1-4(2,7)6(3)5/h7H,5H2,1-3H3. The molecule has 0 aliphatic heterocycles. The van der Waals surface area contributed by atoms with Gasteiger partial charge < -0.3 is 9.92 Å². The molecular weight excluding hydrogens is 88.9 g/mol. The van der Waals surface area contributed by atoms with Gasteiger partial charge in [-0.2, -0.15) is 0 Å². The second-order valence-electron chi connectivity index (χ2n) is 2.39. The molecule has 0 saturated carbocycles. The van der Waals surface area contributed by atoms with Crippen LogP contribution in [0, 0.1) is 0 Å². The molecule has 0 aromatic heterocycles. The number of hydrogen-bond acceptors (Lipinski definition) is 2. The zero-order chi connectivity index (χ0) is 6.08. The Balaban J connectivity index is 3.54. The molecule has 0 atom stereocenters. The van der Waals surface area contributed by atoms with Crippen LogP contribution in [0.3, 0.4) is 0 Å². The molecule has 0 radical (unpaired) electrons. The minimum atomic E-state index is -0.667. The molecule has 3 heteroatoms. The zero-order valence-electron chi connectivity index (χ0n) is 5.39. The Kier molecular flexibility index (Phi) is 1.84. The molecule has 0 spiro atoms. The molecule has 0 heterocycles. The summed E-state index contributed by atoms with van der Waals surface area (Å²) in [5.41, 5.74) is -0.667. The van der Waals surface area contributed by atoms with Gasteiger partial charge in [-0.3, -0.25) is 0 Å². The summed E-state index contributed by atoms with van der Waals surface area (Å²) >= 11 is 0. The summed E-state index contributed by atoms with van der Waals surface area (Å²) in [6.07, 6.45) is 0. The molecule has 0 saturated heterocycles. The van der Waals surface area contributed by atoms with Gasteiger partial charge in [-0.05, 0) is 20.9 Å². The lowest BCUT2D eigenvalue weighted by atomic mass is 10.2. The quantitative estimate of drug-likeness (QED) is 0.345. The molecule has 2 nitrogen and oxygen atoms in total. The molecule has 0 aliphatic carbocycles. The molecule has 0 aromatic carbocycles. The van der Waals surface area contributed by atoms with E-state index in [-0.39, 0.29) is 0 Å². The minimum absolute atomic E-state index is 0.667. The van der Waals surface area contributed by atoms with E-state index in [1.54, 1.807) is 18.7 Å². The van der Waals surface area contributed by atoms with Crippen LogP contribution in [0.2, 0.25) is 0 Å². The fourth-order valence-electron chi connectivity index (χ4n) is 0. The van der Waals surface area contributed by atoms with Crippen LogP contribution < -0.4 is 0 Å². The van der Waals surface area contributed by atoms with Gasteiger partial charge in [0.1, 0.15) is 5.72 Å². The molecule has 0 unspecified atom stereocenters. The van der Waals surface area contributed by atoms with Crippen molar-refractivity contribution in [3.05, 3.63) is 0 Å². The van der Waals surface area contributed by atoms with E-state index < -0.39 is 5.72 Å². The van der Waals surface area contributed by atoms with Crippen molar-refractivity contribution in [3.8, 4) is 0 Å². The van der Waals surface area contributed by atoms with Crippen molar-refractivity contribution in [2.45, 2.75) is 19.6 Å². The smallest absolute Gasteiger partial charge is 0.188 e. The fraction of sp³-hybridized carbons (Fsp3) is 1.00. The van der Waals surface area contributed by atoms with Gasteiger partial charge in [-0.25, -0.2) is 0 Å². The highest BCUT2D eigenvalue weighted by Crippen LogP contribution is 2.00. The maximum atomic E-state index is 9.02. The summed E-state index contributed by atoms with van der Waals surface area (Å²) in [7, 11) is 3.67. The van der Waals surface area contributed by atoms with Crippen molar-refractivity contribution in [2.75, 3.05) is 7.05 Å². The van der Waals surface area contributed by atoms with Crippen molar-refractivity contribution in [1.82, 2.24) is 4.81 Å². The van der Waals surface area contributed by atoms with Crippen LogP contribution in [0.15, 0.2) is 0 Å². The van der Waals surface area contributed by atoms with E-state index in [2.05, 4.69) is 0 Å². The molecule has 7 heavy (non-hydrogen) atoms. The fourth-order valence-corrected chi connectivity index (χ4v) is 0. The average Bonchev–Trinajstić information content (AvgIpc) is 1.31. The van der Waals surface area contributed by atoms with Crippen molar-refractivity contribution in [1.29, 1.82) is 0 Å². The lowest BCUT2D eigenvalue weighted by Crippen LogP contribution is -2.38. The van der Waals surface area contributed by atoms with Crippen LogP contribution in [0.5, 0.6) is 0 Å². The van der Waals surface area contributed by atoms with E-state index in [1.807, 2.05) is 15.0 Å². The first-order valence-corrected chi connectivity index (χ1v) is 2.34. The summed E-state index contributed by atoms with van der Waals surface area (Å²) in [4.78, 5) is 1.74. The maximum absolute atomic E-state index is 9.02. The Morgan fingerprint density at radius 3 is 1.71 bits per heavy atom. The van der Waals surface area contributed by atoms with Crippen molar-refractivity contribution in [2.24, 2.45) is 0 Å². The lowest BCUT2D eigenvalue weighted by Gasteiger charge is -2.26. The van der Waals surface area contributed by atoms with E-state index in [9.17, 15) is 0 Å². The highest BCUT2D eigenvalue weighted by molar-refractivity contribution is 6.04. The second-order valence-corrected chi connectivity index (χ2v) is 2.39. The van der Waals surface area contributed by atoms with Crippen LogP contribution in [-0.2, 0) is 0 Å². The first kappa shape index (κ1) is 6.98. The van der Waals surface area contributed by atoms with Gasteiger partial charge in [0, 0.05) is 0 Å². The maximum Gasteiger partial charge on any atom is 0.188 e. The van der Waals surface area contributed by atoms with Gasteiger partial charge in [0.25, 0.3) is 0 Å². The largest absolute Gasteiger partial charge is 0.377 e. The van der Waals surface area contributed by atoms with Crippen LogP contribution in [-0.4, -0.2) is 30.7 Å². The number of rotatable bonds is 1. The zero-order valence-corrected chi connectivity index (χ0v) is 5.39. The van der Waals surface area contributed by atoms with Crippen LogP contribution in [0.4, 0.5) is 0 Å². The Labute approximate surface area is 45.6 Å². The van der Waals surface area contributed by atoms with Crippen LogP contribution in [0.25, 0.3) is 0 Å². The first-order valence-electron chi connectivity index (χ1n) is 2.34. The monoisotopic (exact) mass is 101 g/mol. The first-order chi connectivity index (χ1) is 2.94. The number of hydrogen-bond donors (Lipinski definition) is 1. The molecule has 0 rings (SSSR count). The minimum Gasteiger partial charge on any atom is -0.377 e. The Morgan fingerprint density at radius 1 is 1.57 bits per heavy atom. The third-order valence-corrected chi connectivity index (χ3v) is 1.09. The summed E-state index contributed by atoms with van der Waals surface area (Å²) < 4.78 is 0. The second kappa shape index (κ2) is 1.84. The molecule has 1 N–H and O–H groups in total. The molecule has 0 amide bonds. The molecule has 0 fully saturated rings. The van der Waals surface area contributed by atoms with E-state index in [4.69, 9.17) is 5.11 Å². The number of aliphatic hydroxyl groups is 1. The summed E-state index contributed by atoms with van der Waals surface area (Å²) in [5.74, 6) is 0. The predicted octanol–water partition coefficient (Wildman–Crippen LogP) is -0.805. The van der Waals surface area contributed by atoms with E-state index in [0.717, 1.165) is 0 Å². The van der Waals surface area contributed by atoms with Crippen LogP contribution in [0.1, 0.15) is 13.8 Å². The van der Waals surface area contributed by atoms with Gasteiger partial charge in [0.2, 0.25) is 0 Å². The van der Waals surface area contributed by atoms with E-state index in [1.165, 1.54) is 0 Å². The average molecular weight is 101 g/mol. The summed E-state index contributed by atoms with van der Waals surface area (Å²) in [6, 6.07) is 0. The Morgan fingerprint density at radius 2 is 1.71 bits per heavy atom. The van der Waals surface area contributed by atoms with Crippen LogP contribution >= 0.6 is 0 Å². The van der Waals surface area contributed by atoms with E-state index >= 15 is 0 Å².